The normalized spacial score (nSPS) is 13.3. The van der Waals surface area contributed by atoms with Crippen LogP contribution in [0, 0.1) is 5.92 Å². The highest BCUT2D eigenvalue weighted by molar-refractivity contribution is 5.95. The first-order valence-electron chi connectivity index (χ1n) is 15.4. The molecule has 15 N–H and O–H groups in total. The Bertz CT molecular complexity index is 1490. The standard InChI is InChI=1S/C30H45N11O8/c1-15(2)10-18(31)27(46)37-14-25(44)38-22(13-24(32)43)28(47)40-20(11-16-5-7-17(42)8-6-16)21-12-23(49-41-21)29(48)39-19(26(33)45)4-3-9-36-30(34)35/h5-8,12,15,18-20,22,42H,3-4,9-11,13-14,31H2,1-2H3,(H2,32,43)(H2,33,45)(H,37,46)(H,38,44)(H,39,48)(H,40,47)(H4,34,35,36)/t18-,19-,20-,22-/m0/s1. The zero-order valence-electron chi connectivity index (χ0n) is 27.3. The number of primary amides is 2. The Hall–Kier alpha value is -5.72. The molecule has 0 aliphatic rings. The molecule has 0 radical (unpaired) electrons. The van der Waals surface area contributed by atoms with Gasteiger partial charge < -0.3 is 59.6 Å². The number of aromatic hydroxyl groups is 1. The highest BCUT2D eigenvalue weighted by Crippen LogP contribution is 2.21. The van der Waals surface area contributed by atoms with Gasteiger partial charge in [0, 0.05) is 12.6 Å². The topological polar surface area (TPSA) is 339 Å². The van der Waals surface area contributed by atoms with Crippen molar-refractivity contribution in [2.24, 2.45) is 39.6 Å². The minimum absolute atomic E-state index is 0.00600. The third-order valence-corrected chi connectivity index (χ3v) is 6.94. The molecule has 268 valence electrons. The molecule has 4 atom stereocenters. The average Bonchev–Trinajstić information content (AvgIpc) is 3.51. The molecule has 0 spiro atoms. The molecule has 1 heterocycles. The molecule has 0 aliphatic carbocycles. The maximum Gasteiger partial charge on any atom is 0.290 e. The summed E-state index contributed by atoms with van der Waals surface area (Å²) in [6, 6.07) is 2.84. The van der Waals surface area contributed by atoms with E-state index in [0.29, 0.717) is 18.4 Å². The van der Waals surface area contributed by atoms with Gasteiger partial charge in [-0.3, -0.25) is 33.8 Å². The molecule has 19 heteroatoms. The van der Waals surface area contributed by atoms with Crippen molar-refractivity contribution in [1.82, 2.24) is 26.4 Å². The van der Waals surface area contributed by atoms with Gasteiger partial charge in [-0.15, -0.1) is 0 Å². The van der Waals surface area contributed by atoms with E-state index in [1.807, 2.05) is 13.8 Å². The number of carbonyl (C=O) groups is 6. The lowest BCUT2D eigenvalue weighted by atomic mass is 10.0. The van der Waals surface area contributed by atoms with Gasteiger partial charge in [-0.2, -0.15) is 0 Å². The van der Waals surface area contributed by atoms with Gasteiger partial charge in [0.25, 0.3) is 5.91 Å². The molecule has 1 aromatic heterocycles. The van der Waals surface area contributed by atoms with Crippen LogP contribution in [0.5, 0.6) is 5.75 Å². The van der Waals surface area contributed by atoms with E-state index in [-0.39, 0.29) is 48.5 Å². The Kier molecular flexibility index (Phi) is 15.4. The number of hydrogen-bond donors (Lipinski definition) is 10. The molecule has 0 saturated carbocycles. The number of carbonyl (C=O) groups excluding carboxylic acids is 6. The Labute approximate surface area is 282 Å². The fourth-order valence-corrected chi connectivity index (χ4v) is 4.52. The lowest BCUT2D eigenvalue weighted by molar-refractivity contribution is -0.132. The third-order valence-electron chi connectivity index (χ3n) is 6.94. The number of phenols is 1. The summed E-state index contributed by atoms with van der Waals surface area (Å²) in [5.41, 5.74) is 27.9. The maximum atomic E-state index is 13.4. The van der Waals surface area contributed by atoms with Gasteiger partial charge in [-0.25, -0.2) is 0 Å². The first kappa shape index (κ1) is 39.5. The van der Waals surface area contributed by atoms with Crippen LogP contribution in [-0.2, 0) is 30.4 Å². The number of guanidine groups is 1. The van der Waals surface area contributed by atoms with E-state index in [9.17, 15) is 33.9 Å². The van der Waals surface area contributed by atoms with Gasteiger partial charge in [-0.1, -0.05) is 31.1 Å². The highest BCUT2D eigenvalue weighted by atomic mass is 16.5. The summed E-state index contributed by atoms with van der Waals surface area (Å²) in [7, 11) is 0. The summed E-state index contributed by atoms with van der Waals surface area (Å²) < 4.78 is 5.22. The first-order valence-corrected chi connectivity index (χ1v) is 15.4. The first-order chi connectivity index (χ1) is 23.0. The molecule has 0 unspecified atom stereocenters. The number of amides is 6. The summed E-state index contributed by atoms with van der Waals surface area (Å²) in [5, 5.41) is 23.5. The molecular weight excluding hydrogens is 642 g/mol. The number of aliphatic imine (C=N–C) groups is 1. The molecule has 6 amide bonds. The molecule has 2 aromatic rings. The third kappa shape index (κ3) is 14.3. The number of nitrogens with zero attached hydrogens (tertiary/aromatic N) is 2. The Morgan fingerprint density at radius 2 is 1.61 bits per heavy atom. The second-order valence-corrected chi connectivity index (χ2v) is 11.7. The number of rotatable bonds is 20. The van der Waals surface area contributed by atoms with E-state index in [4.69, 9.17) is 33.2 Å². The predicted molar refractivity (Wildman–Crippen MR) is 176 cm³/mol. The quantitative estimate of drug-likeness (QED) is 0.0385. The van der Waals surface area contributed by atoms with E-state index >= 15 is 0 Å². The number of aromatic nitrogens is 1. The zero-order chi connectivity index (χ0) is 36.7. The summed E-state index contributed by atoms with van der Waals surface area (Å²) in [5.74, 6) is -5.04. The van der Waals surface area contributed by atoms with Crippen LogP contribution < -0.4 is 49.9 Å². The predicted octanol–water partition coefficient (Wildman–Crippen LogP) is -2.73. The van der Waals surface area contributed by atoms with Crippen LogP contribution in [0.4, 0.5) is 0 Å². The zero-order valence-corrected chi connectivity index (χ0v) is 27.3. The molecule has 0 fully saturated rings. The van der Waals surface area contributed by atoms with E-state index in [0.717, 1.165) is 0 Å². The molecular formula is C30H45N11O8. The maximum absolute atomic E-state index is 13.4. The fraction of sp³-hybridized carbons (Fsp3) is 0.467. The average molecular weight is 688 g/mol. The van der Waals surface area contributed by atoms with Crippen LogP contribution in [-0.4, -0.2) is 82.9 Å². The van der Waals surface area contributed by atoms with Crippen molar-refractivity contribution in [3.05, 3.63) is 47.3 Å². The van der Waals surface area contributed by atoms with Crippen LogP contribution in [0.1, 0.15) is 67.4 Å². The molecule has 49 heavy (non-hydrogen) atoms. The van der Waals surface area contributed by atoms with Crippen molar-refractivity contribution in [1.29, 1.82) is 0 Å². The molecule has 0 bridgehead atoms. The highest BCUT2D eigenvalue weighted by Gasteiger charge is 2.29. The molecule has 0 saturated heterocycles. The van der Waals surface area contributed by atoms with Gasteiger partial charge in [-0.05, 0) is 49.3 Å². The molecule has 0 aliphatic heterocycles. The van der Waals surface area contributed by atoms with Gasteiger partial charge >= 0.3 is 0 Å². The molecule has 1 aromatic carbocycles. The van der Waals surface area contributed by atoms with Crippen molar-refractivity contribution >= 4 is 41.4 Å². The Balaban J connectivity index is 2.23. The fourth-order valence-electron chi connectivity index (χ4n) is 4.52. The monoisotopic (exact) mass is 687 g/mol. The van der Waals surface area contributed by atoms with Crippen molar-refractivity contribution in [2.45, 2.75) is 70.1 Å². The molecule has 2 rings (SSSR count). The SMILES string of the molecule is CC(C)C[C@H](N)C(=O)NCC(=O)N[C@@H](CC(N)=O)C(=O)N[C@@H](Cc1ccc(O)cc1)c1cc(C(=O)N[C@@H](CCCN=C(N)N)C(N)=O)on1. The summed E-state index contributed by atoms with van der Waals surface area (Å²) in [4.78, 5) is 78.8. The number of nitrogens with two attached hydrogens (primary N) is 5. The number of hydrogen-bond acceptors (Lipinski definition) is 11. The Morgan fingerprint density at radius 3 is 2.20 bits per heavy atom. The smallest absolute Gasteiger partial charge is 0.290 e. The second kappa shape index (κ2) is 19.2. The number of phenolic OH excluding ortho intramolecular Hbond substituents is 1. The van der Waals surface area contributed by atoms with E-state index < -0.39 is 72.6 Å². The van der Waals surface area contributed by atoms with E-state index in [2.05, 4.69) is 31.4 Å². The van der Waals surface area contributed by atoms with Crippen molar-refractivity contribution < 1.29 is 38.4 Å². The van der Waals surface area contributed by atoms with E-state index in [1.54, 1.807) is 12.1 Å². The van der Waals surface area contributed by atoms with E-state index in [1.165, 1.54) is 18.2 Å². The minimum Gasteiger partial charge on any atom is -0.508 e. The summed E-state index contributed by atoms with van der Waals surface area (Å²) in [6.07, 6.45) is 0.305. The summed E-state index contributed by atoms with van der Waals surface area (Å²) in [6.45, 7) is 3.45. The van der Waals surface area contributed by atoms with Gasteiger partial charge in [0.15, 0.2) is 5.96 Å². The van der Waals surface area contributed by atoms with Gasteiger partial charge in [0.05, 0.1) is 25.0 Å². The van der Waals surface area contributed by atoms with Crippen LogP contribution >= 0.6 is 0 Å². The molecule has 19 nitrogen and oxygen atoms in total. The second-order valence-electron chi connectivity index (χ2n) is 11.7. The number of benzene rings is 1. The van der Waals surface area contributed by atoms with Gasteiger partial charge in [0.1, 0.15) is 23.5 Å². The lowest BCUT2D eigenvalue weighted by Gasteiger charge is -2.22. The largest absolute Gasteiger partial charge is 0.508 e. The van der Waals surface area contributed by atoms with Crippen LogP contribution in [0.3, 0.4) is 0 Å². The van der Waals surface area contributed by atoms with Crippen LogP contribution in [0.25, 0.3) is 0 Å². The lowest BCUT2D eigenvalue weighted by Crippen LogP contribution is -2.52. The minimum atomic E-state index is -1.46. The van der Waals surface area contributed by atoms with Crippen molar-refractivity contribution in [2.75, 3.05) is 13.1 Å². The number of nitrogens with one attached hydrogen (secondary N) is 4. The summed E-state index contributed by atoms with van der Waals surface area (Å²) >= 11 is 0. The van der Waals surface area contributed by atoms with Crippen molar-refractivity contribution in [3.63, 3.8) is 0 Å². The van der Waals surface area contributed by atoms with Crippen LogP contribution in [0.2, 0.25) is 0 Å². The van der Waals surface area contributed by atoms with Crippen molar-refractivity contribution in [3.8, 4) is 5.75 Å². The van der Waals surface area contributed by atoms with Gasteiger partial charge in [0.2, 0.25) is 35.3 Å². The Morgan fingerprint density at radius 1 is 0.939 bits per heavy atom. The van der Waals surface area contributed by atoms with Crippen LogP contribution in [0.15, 0.2) is 39.8 Å².